The Morgan fingerprint density at radius 1 is 1.50 bits per heavy atom. The largest absolute Gasteiger partial charge is 0.378 e. The lowest BCUT2D eigenvalue weighted by Crippen LogP contribution is -2.59. The second-order valence-corrected chi connectivity index (χ2v) is 5.29. The molecule has 0 aromatic carbocycles. The summed E-state index contributed by atoms with van der Waals surface area (Å²) in [6, 6.07) is 0. The van der Waals surface area contributed by atoms with Gasteiger partial charge in [-0.2, -0.15) is 0 Å². The molecule has 0 aromatic heterocycles. The number of nitrogens with two attached hydrogens (primary N) is 1. The number of ether oxygens (including phenoxy) is 1. The molecule has 0 spiro atoms. The molecule has 1 saturated heterocycles. The molecule has 14 heavy (non-hydrogen) atoms. The number of rotatable bonds is 3. The smallest absolute Gasteiger partial charge is 0.0645 e. The van der Waals surface area contributed by atoms with Crippen LogP contribution in [0.3, 0.4) is 0 Å². The third-order valence-corrected chi connectivity index (χ3v) is 3.18. The Labute approximate surface area is 87.6 Å². The molecular formula is C11H24N2O. The van der Waals surface area contributed by atoms with Crippen LogP contribution in [-0.4, -0.2) is 42.3 Å². The molecule has 1 aliphatic rings. The monoisotopic (exact) mass is 200 g/mol. The van der Waals surface area contributed by atoms with Crippen molar-refractivity contribution in [2.45, 2.75) is 45.2 Å². The van der Waals surface area contributed by atoms with Crippen molar-refractivity contribution < 1.29 is 4.74 Å². The van der Waals surface area contributed by atoms with E-state index in [1.54, 1.807) is 0 Å². The number of hydrogen-bond acceptors (Lipinski definition) is 3. The van der Waals surface area contributed by atoms with E-state index in [0.717, 1.165) is 32.7 Å². The van der Waals surface area contributed by atoms with Crippen molar-refractivity contribution in [3.05, 3.63) is 0 Å². The summed E-state index contributed by atoms with van der Waals surface area (Å²) in [5, 5.41) is 0. The van der Waals surface area contributed by atoms with Crippen LogP contribution in [0.5, 0.6) is 0 Å². The Morgan fingerprint density at radius 3 is 2.64 bits per heavy atom. The molecule has 0 radical (unpaired) electrons. The molecule has 3 heteroatoms. The zero-order valence-electron chi connectivity index (χ0n) is 9.97. The second kappa shape index (κ2) is 4.17. The quantitative estimate of drug-likeness (QED) is 0.744. The van der Waals surface area contributed by atoms with Gasteiger partial charge >= 0.3 is 0 Å². The molecule has 3 nitrogen and oxygen atoms in total. The molecule has 0 aliphatic carbocycles. The summed E-state index contributed by atoms with van der Waals surface area (Å²) in [6.45, 7) is 12.3. The first kappa shape index (κ1) is 12.0. The van der Waals surface area contributed by atoms with Gasteiger partial charge in [-0.15, -0.1) is 0 Å². The molecular weight excluding hydrogens is 176 g/mol. The highest BCUT2D eigenvalue weighted by atomic mass is 16.5. The van der Waals surface area contributed by atoms with Crippen molar-refractivity contribution in [1.82, 2.24) is 4.90 Å². The fourth-order valence-electron chi connectivity index (χ4n) is 1.73. The predicted octanol–water partition coefficient (Wildman–Crippen LogP) is 1.22. The lowest BCUT2D eigenvalue weighted by molar-refractivity contribution is -0.0586. The van der Waals surface area contributed by atoms with E-state index in [1.807, 2.05) is 0 Å². The molecule has 2 N–H and O–H groups in total. The highest BCUT2D eigenvalue weighted by Crippen LogP contribution is 2.21. The predicted molar refractivity (Wildman–Crippen MR) is 59.4 cm³/mol. The van der Waals surface area contributed by atoms with Crippen LogP contribution in [-0.2, 0) is 4.74 Å². The third kappa shape index (κ3) is 2.94. The van der Waals surface area contributed by atoms with Crippen molar-refractivity contribution in [2.75, 3.05) is 26.3 Å². The molecule has 0 saturated carbocycles. The highest BCUT2D eigenvalue weighted by molar-refractivity contribution is 4.90. The van der Waals surface area contributed by atoms with Gasteiger partial charge in [-0.05, 0) is 27.2 Å². The average Bonchev–Trinajstić information content (AvgIpc) is 2.09. The summed E-state index contributed by atoms with van der Waals surface area (Å²) < 4.78 is 5.48. The minimum Gasteiger partial charge on any atom is -0.378 e. The first-order chi connectivity index (χ1) is 6.37. The average molecular weight is 200 g/mol. The summed E-state index contributed by atoms with van der Waals surface area (Å²) in [7, 11) is 0. The lowest BCUT2D eigenvalue weighted by atomic mass is 9.95. The standard InChI is InChI=1S/C11H24N2O/c1-5-11(4,12)8-13-6-7-14-9-10(13,2)3/h5-9,12H2,1-4H3. The van der Waals surface area contributed by atoms with Crippen LogP contribution in [0, 0.1) is 0 Å². The maximum atomic E-state index is 6.19. The van der Waals surface area contributed by atoms with Crippen LogP contribution >= 0.6 is 0 Å². The van der Waals surface area contributed by atoms with Gasteiger partial charge in [0.05, 0.1) is 13.2 Å². The zero-order chi connectivity index (χ0) is 10.8. The number of morpholine rings is 1. The molecule has 1 heterocycles. The molecule has 1 rings (SSSR count). The molecule has 0 bridgehead atoms. The van der Waals surface area contributed by atoms with E-state index in [1.165, 1.54) is 0 Å². The van der Waals surface area contributed by atoms with Gasteiger partial charge in [0.1, 0.15) is 0 Å². The normalized spacial score (nSPS) is 27.2. The van der Waals surface area contributed by atoms with E-state index >= 15 is 0 Å². The van der Waals surface area contributed by atoms with Gasteiger partial charge in [-0.3, -0.25) is 4.90 Å². The SMILES string of the molecule is CCC(C)(N)CN1CCOCC1(C)C. The van der Waals surface area contributed by atoms with E-state index in [2.05, 4.69) is 32.6 Å². The molecule has 1 aliphatic heterocycles. The van der Waals surface area contributed by atoms with Crippen LogP contribution in [0.2, 0.25) is 0 Å². The van der Waals surface area contributed by atoms with Gasteiger partial charge in [-0.1, -0.05) is 6.92 Å². The van der Waals surface area contributed by atoms with Crippen LogP contribution < -0.4 is 5.73 Å². The molecule has 1 atom stereocenters. The first-order valence-corrected chi connectivity index (χ1v) is 5.49. The van der Waals surface area contributed by atoms with Gasteiger partial charge in [0.2, 0.25) is 0 Å². The van der Waals surface area contributed by atoms with Gasteiger partial charge in [0.25, 0.3) is 0 Å². The Kier molecular flexibility index (Phi) is 3.56. The van der Waals surface area contributed by atoms with Gasteiger partial charge in [-0.25, -0.2) is 0 Å². The topological polar surface area (TPSA) is 38.5 Å². The fraction of sp³-hybridized carbons (Fsp3) is 1.00. The summed E-state index contributed by atoms with van der Waals surface area (Å²) >= 11 is 0. The maximum absolute atomic E-state index is 6.19. The van der Waals surface area contributed by atoms with Crippen LogP contribution in [0.1, 0.15) is 34.1 Å². The summed E-state index contributed by atoms with van der Waals surface area (Å²) in [5.41, 5.74) is 6.24. The minimum absolute atomic E-state index is 0.0748. The molecule has 1 fully saturated rings. The van der Waals surface area contributed by atoms with Gasteiger partial charge in [0, 0.05) is 24.2 Å². The van der Waals surface area contributed by atoms with Crippen LogP contribution in [0.15, 0.2) is 0 Å². The van der Waals surface area contributed by atoms with Crippen LogP contribution in [0.25, 0.3) is 0 Å². The Hall–Kier alpha value is -0.120. The third-order valence-electron chi connectivity index (χ3n) is 3.18. The Bertz CT molecular complexity index is 190. The van der Waals surface area contributed by atoms with Crippen molar-refractivity contribution in [1.29, 1.82) is 0 Å². The van der Waals surface area contributed by atoms with E-state index in [0.29, 0.717) is 0 Å². The lowest BCUT2D eigenvalue weighted by Gasteiger charge is -2.45. The second-order valence-electron chi connectivity index (χ2n) is 5.29. The van der Waals surface area contributed by atoms with E-state index in [4.69, 9.17) is 10.5 Å². The van der Waals surface area contributed by atoms with Crippen molar-refractivity contribution in [3.8, 4) is 0 Å². The van der Waals surface area contributed by atoms with E-state index in [9.17, 15) is 0 Å². The Balaban J connectivity index is 2.58. The van der Waals surface area contributed by atoms with Crippen LogP contribution in [0.4, 0.5) is 0 Å². The molecule has 1 unspecified atom stereocenters. The molecule has 0 amide bonds. The van der Waals surface area contributed by atoms with Crippen molar-refractivity contribution in [2.24, 2.45) is 5.73 Å². The summed E-state index contributed by atoms with van der Waals surface area (Å²) in [4.78, 5) is 2.44. The molecule has 84 valence electrons. The minimum atomic E-state index is -0.0748. The van der Waals surface area contributed by atoms with Crippen molar-refractivity contribution in [3.63, 3.8) is 0 Å². The maximum Gasteiger partial charge on any atom is 0.0645 e. The highest BCUT2D eigenvalue weighted by Gasteiger charge is 2.33. The zero-order valence-corrected chi connectivity index (χ0v) is 9.97. The molecule has 0 aromatic rings. The van der Waals surface area contributed by atoms with Gasteiger partial charge < -0.3 is 10.5 Å². The fourth-order valence-corrected chi connectivity index (χ4v) is 1.73. The summed E-state index contributed by atoms with van der Waals surface area (Å²) in [5.74, 6) is 0. The van der Waals surface area contributed by atoms with E-state index < -0.39 is 0 Å². The number of hydrogen-bond donors (Lipinski definition) is 1. The Morgan fingerprint density at radius 2 is 2.14 bits per heavy atom. The van der Waals surface area contributed by atoms with Gasteiger partial charge in [0.15, 0.2) is 0 Å². The number of nitrogens with zero attached hydrogens (tertiary/aromatic N) is 1. The van der Waals surface area contributed by atoms with E-state index in [-0.39, 0.29) is 11.1 Å². The summed E-state index contributed by atoms with van der Waals surface area (Å²) in [6.07, 6.45) is 1.01. The first-order valence-electron chi connectivity index (χ1n) is 5.49. The van der Waals surface area contributed by atoms with Crippen molar-refractivity contribution >= 4 is 0 Å².